The van der Waals surface area contributed by atoms with Crippen molar-refractivity contribution in [3.63, 3.8) is 0 Å². The number of fused-ring (bicyclic) bond motifs is 6. The summed E-state index contributed by atoms with van der Waals surface area (Å²) in [5, 5.41) is 60.7. The van der Waals surface area contributed by atoms with Crippen LogP contribution in [-0.2, 0) is 104 Å². The summed E-state index contributed by atoms with van der Waals surface area (Å²) in [6.07, 6.45) is 24.4. The Morgan fingerprint density at radius 3 is 1.22 bits per heavy atom. The minimum absolute atomic E-state index is 0.0161. The van der Waals surface area contributed by atoms with Crippen LogP contribution in [0.2, 0.25) is 0 Å². The lowest BCUT2D eigenvalue weighted by molar-refractivity contribution is -0.265. The Kier molecular flexibility index (Phi) is 54.8. The Hall–Kier alpha value is -6.58. The van der Waals surface area contributed by atoms with Crippen molar-refractivity contribution in [2.24, 2.45) is 76.7 Å². The molecule has 4 unspecified atom stereocenters. The molecular formula is C108H176N4O27P2+2. The van der Waals surface area contributed by atoms with E-state index in [1.807, 2.05) is 130 Å². The summed E-state index contributed by atoms with van der Waals surface area (Å²) in [7, 11) is 6.70. The zero-order valence-corrected chi connectivity index (χ0v) is 90.8. The van der Waals surface area contributed by atoms with Gasteiger partial charge in [-0.3, -0.25) is 49.4 Å². The normalized spacial score (nSPS) is 37.0. The molecule has 2 aliphatic carbocycles. The quantitative estimate of drug-likeness (QED) is 0.0326. The molecule has 0 aromatic rings. The molecule has 2 amide bonds. The van der Waals surface area contributed by atoms with E-state index in [2.05, 4.69) is 5.32 Å². The lowest BCUT2D eigenvalue weighted by Gasteiger charge is -2.42. The number of rotatable bonds is 16. The zero-order chi connectivity index (χ0) is 106. The molecule has 33 heteroatoms. The summed E-state index contributed by atoms with van der Waals surface area (Å²) < 4.78 is 80.9. The topological polar surface area (TPSA) is 443 Å². The van der Waals surface area contributed by atoms with Crippen molar-refractivity contribution >= 4 is 74.1 Å². The van der Waals surface area contributed by atoms with Gasteiger partial charge in [0.2, 0.25) is 11.6 Å². The molecule has 0 aromatic heterocycles. The number of Topliss-reactive ketones (excluding diaryl/α,β-unsaturated/α-hetero) is 6. The smallest absolute Gasteiger partial charge is 0.350 e. The Balaban J connectivity index is 0.000000467. The van der Waals surface area contributed by atoms with Crippen LogP contribution >= 0.6 is 15.6 Å². The predicted octanol–water partition coefficient (Wildman–Crippen LogP) is 14.8. The Morgan fingerprint density at radius 2 is 0.858 bits per heavy atom. The molecule has 4 saturated heterocycles. The molecule has 31 nitrogen and oxygen atoms in total. The predicted molar refractivity (Wildman–Crippen MR) is 544 cm³/mol. The van der Waals surface area contributed by atoms with Gasteiger partial charge in [0.15, 0.2) is 24.1 Å². The molecular weight excluding hydrogens is 1850 g/mol. The molecule has 8 rings (SSSR count). The second-order valence-corrected chi connectivity index (χ2v) is 44.2. The van der Waals surface area contributed by atoms with Crippen molar-refractivity contribution in [2.45, 2.75) is 374 Å². The van der Waals surface area contributed by atoms with E-state index >= 15 is 0 Å². The van der Waals surface area contributed by atoms with Crippen LogP contribution in [0.5, 0.6) is 0 Å². The summed E-state index contributed by atoms with van der Waals surface area (Å²) in [4.78, 5) is 144. The number of cyclic esters (lactones) is 2. The largest absolute Gasteiger partial charge is 0.460 e. The molecule has 8 N–H and O–H groups in total. The molecule has 0 aromatic carbocycles. The third-order valence-electron chi connectivity index (χ3n) is 29.8. The zero-order valence-electron chi connectivity index (χ0n) is 89.0. The SMILES string of the molecule is CC.CO[C@H]1C[C@@H]2CC[C@@H](C)[C@@](O)(O2)C(=O)C(=O)N2CCCC[C@H]2C(=O)O[C@H]([C@H](C)C[C@@H]2CCC(NC[P+](C)=O)[C@H](OC)C2)CC(=O)[C@H](C)/C=C(\C)[C@@H](O)[C@@H](OC)C(=O)[C@H](C)C[C@H](C)/C=C/C=CC=C1C.CO[C@H]1C[C@@H]2CC[C@@H](C)[C@@](O)(O2)C(=O)C(=O)N2CCCC[C@H]2C(=O)O[C@H]([C@H](C)C[C@@H]2CCC(O)[C@H](OC)C2)CC(=O)[C@H](C)/C=C(\C)[C@@H](O)[C@@H](OC)C(=O)[C@H](C)C[C@H](C)/C=C/C=CC=C1C.C[P+](=O)CN. The minimum atomic E-state index is -2.43. The molecule has 6 fully saturated rings. The number of ketones is 6. The number of amides is 2. The van der Waals surface area contributed by atoms with Gasteiger partial charge in [0.1, 0.15) is 73.6 Å². The van der Waals surface area contributed by atoms with Gasteiger partial charge < -0.3 is 82.7 Å². The average Bonchev–Trinajstić information content (AvgIpc) is 0.778. The number of ether oxygens (including phenoxy) is 10. The maximum Gasteiger partial charge on any atom is 0.350 e. The van der Waals surface area contributed by atoms with E-state index in [1.165, 1.54) is 24.0 Å². The Labute approximate surface area is 842 Å². The number of piperidine rings is 2. The van der Waals surface area contributed by atoms with Crippen molar-refractivity contribution in [2.75, 3.05) is 81.6 Å². The van der Waals surface area contributed by atoms with E-state index in [-0.39, 0.29) is 116 Å². The van der Waals surface area contributed by atoms with Gasteiger partial charge >= 0.3 is 27.5 Å². The number of esters is 2. The third-order valence-corrected chi connectivity index (χ3v) is 31.0. The number of methoxy groups -OCH3 is 6. The second-order valence-electron chi connectivity index (χ2n) is 41.0. The monoisotopic (exact) mass is 2020 g/mol. The molecule has 4 bridgehead atoms. The van der Waals surface area contributed by atoms with E-state index < -0.39 is 177 Å². The van der Waals surface area contributed by atoms with Gasteiger partial charge in [0.25, 0.3) is 23.4 Å². The minimum Gasteiger partial charge on any atom is -0.460 e. The third kappa shape index (κ3) is 37.3. The number of aliphatic hydroxyl groups is 5. The van der Waals surface area contributed by atoms with Gasteiger partial charge in [-0.15, -0.1) is 0 Å². The van der Waals surface area contributed by atoms with Crippen LogP contribution in [0.4, 0.5) is 0 Å². The summed E-state index contributed by atoms with van der Waals surface area (Å²) >= 11 is 0. The number of hydrogen-bond acceptors (Lipinski definition) is 29. The van der Waals surface area contributed by atoms with Crippen molar-refractivity contribution in [1.29, 1.82) is 0 Å². The summed E-state index contributed by atoms with van der Waals surface area (Å²) in [6, 6.07) is -2.25. The number of allylic oxidation sites excluding steroid dienone is 12. The molecule has 0 radical (unpaired) electrons. The molecule has 6 aliphatic heterocycles. The molecule has 0 spiro atoms. The molecule has 6 heterocycles. The first kappa shape index (κ1) is 125. The van der Waals surface area contributed by atoms with E-state index in [4.69, 9.17) is 53.1 Å². The number of nitrogens with two attached hydrogens (primary N) is 1. The molecule has 798 valence electrons. The number of aliphatic hydroxyl groups excluding tert-OH is 3. The maximum absolute atomic E-state index is 14.5. The molecule has 8 aliphatic rings. The number of hydrogen-bond donors (Lipinski definition) is 7. The van der Waals surface area contributed by atoms with Crippen molar-refractivity contribution < 1.29 is 130 Å². The molecule has 2 saturated carbocycles. The van der Waals surface area contributed by atoms with Crippen molar-refractivity contribution in [3.05, 3.63) is 95.2 Å². The van der Waals surface area contributed by atoms with Crippen LogP contribution in [0, 0.1) is 71.0 Å². The number of carbonyl (C=O) groups excluding carboxylic acids is 10. The van der Waals surface area contributed by atoms with Gasteiger partial charge in [-0.25, -0.2) is 9.59 Å². The highest BCUT2D eigenvalue weighted by Crippen LogP contribution is 2.42. The summed E-state index contributed by atoms with van der Waals surface area (Å²) in [5.74, 6) is -15.9. The van der Waals surface area contributed by atoms with Crippen LogP contribution in [0.3, 0.4) is 0 Å². The number of nitrogens with zero attached hydrogens (tertiary/aromatic N) is 2. The van der Waals surface area contributed by atoms with E-state index in [9.17, 15) is 82.6 Å². The van der Waals surface area contributed by atoms with Gasteiger partial charge in [0.05, 0.1) is 42.7 Å². The summed E-state index contributed by atoms with van der Waals surface area (Å²) in [6.45, 7) is 32.8. The van der Waals surface area contributed by atoms with Gasteiger partial charge in [-0.05, 0) is 214 Å². The van der Waals surface area contributed by atoms with Crippen LogP contribution in [0.15, 0.2) is 95.2 Å². The fourth-order valence-electron chi connectivity index (χ4n) is 20.7. The summed E-state index contributed by atoms with van der Waals surface area (Å²) in [5.41, 5.74) is 7.42. The van der Waals surface area contributed by atoms with E-state index in [1.54, 1.807) is 95.5 Å². The van der Waals surface area contributed by atoms with Gasteiger partial charge in [0, 0.05) is 123 Å². The van der Waals surface area contributed by atoms with Crippen LogP contribution in [0.1, 0.15) is 265 Å². The van der Waals surface area contributed by atoms with Gasteiger partial charge in [-0.1, -0.05) is 165 Å². The number of nitrogens with one attached hydrogen (secondary N) is 1. The first-order valence-corrected chi connectivity index (χ1v) is 55.3. The van der Waals surface area contributed by atoms with Crippen molar-refractivity contribution in [3.8, 4) is 0 Å². The fourth-order valence-corrected chi connectivity index (χ4v) is 21.2. The highest BCUT2D eigenvalue weighted by molar-refractivity contribution is 7.43. The Bertz CT molecular complexity index is 4320. The fraction of sp³-hybridized carbons (Fsp3) is 0.759. The average molecular weight is 2020 g/mol. The van der Waals surface area contributed by atoms with Crippen LogP contribution in [0.25, 0.3) is 0 Å². The first-order valence-electron chi connectivity index (χ1n) is 51.5. The lowest BCUT2D eigenvalue weighted by Crippen LogP contribution is -2.61. The maximum atomic E-state index is 14.5. The van der Waals surface area contributed by atoms with E-state index in [0.29, 0.717) is 133 Å². The molecule has 141 heavy (non-hydrogen) atoms. The Morgan fingerprint density at radius 1 is 0.475 bits per heavy atom. The first-order chi connectivity index (χ1) is 66.7. The standard InChI is InChI=1S/C53H84N2O13P.C51H79NO13.C2H7NOP.C2H6/c1-32-17-13-12-14-18-33(2)44(64-8)29-40-22-20-38(7)53(62,68-40)50(59)51(60)55-24-16-15-19-42(55)52(61)67-45(35(4)27-39-21-23-41(46(28-39)65-9)54-31-69(11)63)30-43(56)34(3)26-37(6)48(58)49(66-10)47(57)36(5)25-32;1-30-16-12-11-13-17-31(2)42(61-8)28-38-21-19-36(7)51(60,65-38)48(57)49(58)52-23-15-14-18-39(52)50(59)64-43(33(4)26-37-20-22-40(53)44(27-37)62-9)29-41(54)32(3)25-35(6)46(56)47(63-10)45(55)34(5)24-30;1-5(4)2-3;1-2/h12-14,17-18,26,32,34-36,38-42,44-46,48-49,54,58,62H,15-16,19-25,27-31H2,1-11H3;11-13,16-17,25,30,32-34,36-40,42-44,46-47,53,56,60H,14-15,18-24,26-29H2,1-10H3;2-3H2,1H3;1-2H3/q+1;;+1;/b14-12?,17-13+,33-18?,37-26+;13-11?,16-12+,31-17?,35-25+;;/t32-,34-,35-,36-,38-,39+,40+,41?,42+,44+,45+,46-,48-,49+,53-;30-,32-,33-,34-,36-,37+,38+,39+,40?,42+,43+,44-,46-,47+,51-;;/m11../s1. The van der Waals surface area contributed by atoms with Gasteiger partial charge in [-0.2, -0.15) is 0 Å². The second kappa shape index (κ2) is 61.9. The lowest BCUT2D eigenvalue weighted by atomic mass is 9.77. The van der Waals surface area contributed by atoms with Crippen LogP contribution < -0.4 is 11.1 Å². The molecule has 32 atom stereocenters. The van der Waals surface area contributed by atoms with Crippen LogP contribution in [-0.4, -0.2) is 284 Å². The van der Waals surface area contributed by atoms with E-state index in [0.717, 1.165) is 30.4 Å². The number of carbonyl (C=O) groups is 10. The highest BCUT2D eigenvalue weighted by Gasteiger charge is 2.56. The van der Waals surface area contributed by atoms with Crippen molar-refractivity contribution in [1.82, 2.24) is 15.1 Å². The highest BCUT2D eigenvalue weighted by atomic mass is 31.1.